The third-order valence-electron chi connectivity index (χ3n) is 3.91. The summed E-state index contributed by atoms with van der Waals surface area (Å²) in [5, 5.41) is 2.67. The number of hydrogen-bond donors (Lipinski definition) is 1. The van der Waals surface area contributed by atoms with E-state index in [1.165, 1.54) is 0 Å². The lowest BCUT2D eigenvalue weighted by molar-refractivity contribution is -0.122. The maximum absolute atomic E-state index is 11.4. The van der Waals surface area contributed by atoms with E-state index in [2.05, 4.69) is 30.7 Å². The summed E-state index contributed by atoms with van der Waals surface area (Å²) in [5.41, 5.74) is 2.09. The minimum Gasteiger partial charge on any atom is -0.358 e. The summed E-state index contributed by atoms with van der Waals surface area (Å²) in [5.74, 6) is 0.0869. The van der Waals surface area contributed by atoms with Crippen LogP contribution in [0.3, 0.4) is 0 Å². The second-order valence-corrected chi connectivity index (χ2v) is 5.42. The Kier molecular flexibility index (Phi) is 4.17. The highest BCUT2D eigenvalue weighted by molar-refractivity contribution is 5.77. The largest absolute Gasteiger partial charge is 0.358 e. The van der Waals surface area contributed by atoms with E-state index in [1.807, 2.05) is 24.4 Å². The molecule has 0 saturated carbocycles. The van der Waals surface area contributed by atoms with Gasteiger partial charge in [-0.05, 0) is 12.1 Å². The molecular weight excluding hydrogens is 266 g/mol. The number of piperazine rings is 1. The number of rotatable bonds is 4. The Hall–Kier alpha value is -1.92. The lowest BCUT2D eigenvalue weighted by Crippen LogP contribution is -2.48. The first-order valence-electron chi connectivity index (χ1n) is 7.32. The second-order valence-electron chi connectivity index (χ2n) is 5.42. The van der Waals surface area contributed by atoms with Crippen LogP contribution in [-0.4, -0.2) is 64.9 Å². The van der Waals surface area contributed by atoms with Crippen molar-refractivity contribution in [2.75, 3.05) is 39.8 Å². The van der Waals surface area contributed by atoms with Crippen LogP contribution in [0.1, 0.15) is 5.69 Å². The van der Waals surface area contributed by atoms with Gasteiger partial charge in [0.25, 0.3) is 0 Å². The standard InChI is InChI=1S/C15H21N5O/c1-16-15(21)12-19-8-6-18(7-9-19)10-13-11-20-5-3-2-4-14(20)17-13/h2-5,11H,6-10,12H2,1H3,(H,16,21). The molecule has 3 heterocycles. The second kappa shape index (κ2) is 6.24. The van der Waals surface area contributed by atoms with E-state index in [0.717, 1.165) is 44.1 Å². The molecular formula is C15H21N5O. The van der Waals surface area contributed by atoms with Crippen molar-refractivity contribution in [3.8, 4) is 0 Å². The van der Waals surface area contributed by atoms with Crippen LogP contribution in [0.2, 0.25) is 0 Å². The number of amides is 1. The Bertz CT molecular complexity index is 582. The number of carbonyl (C=O) groups is 1. The fourth-order valence-electron chi connectivity index (χ4n) is 2.68. The van der Waals surface area contributed by atoms with Crippen LogP contribution in [0.5, 0.6) is 0 Å². The van der Waals surface area contributed by atoms with E-state index in [-0.39, 0.29) is 5.91 Å². The highest BCUT2D eigenvalue weighted by Gasteiger charge is 2.19. The van der Waals surface area contributed by atoms with Gasteiger partial charge in [-0.1, -0.05) is 6.07 Å². The molecule has 0 aromatic carbocycles. The number of aromatic nitrogens is 2. The summed E-state index contributed by atoms with van der Waals surface area (Å²) in [7, 11) is 1.68. The fraction of sp³-hybridized carbons (Fsp3) is 0.467. The predicted octanol–water partition coefficient (Wildman–Crippen LogP) is 0.198. The summed E-state index contributed by atoms with van der Waals surface area (Å²) in [6.45, 7) is 5.19. The van der Waals surface area contributed by atoms with E-state index in [1.54, 1.807) is 7.05 Å². The maximum Gasteiger partial charge on any atom is 0.233 e. The van der Waals surface area contributed by atoms with E-state index >= 15 is 0 Å². The van der Waals surface area contributed by atoms with Crippen LogP contribution < -0.4 is 5.32 Å². The van der Waals surface area contributed by atoms with Gasteiger partial charge in [0.1, 0.15) is 5.65 Å². The Morgan fingerprint density at radius 2 is 2.00 bits per heavy atom. The van der Waals surface area contributed by atoms with Crippen molar-refractivity contribution in [3.63, 3.8) is 0 Å². The quantitative estimate of drug-likeness (QED) is 0.873. The third-order valence-corrected chi connectivity index (χ3v) is 3.91. The molecule has 0 atom stereocenters. The van der Waals surface area contributed by atoms with E-state index in [4.69, 9.17) is 0 Å². The average molecular weight is 287 g/mol. The molecule has 0 spiro atoms. The van der Waals surface area contributed by atoms with Crippen LogP contribution in [0.25, 0.3) is 5.65 Å². The van der Waals surface area contributed by atoms with Crippen molar-refractivity contribution in [2.45, 2.75) is 6.54 Å². The van der Waals surface area contributed by atoms with Crippen molar-refractivity contribution in [1.82, 2.24) is 24.5 Å². The normalized spacial score (nSPS) is 17.2. The fourth-order valence-corrected chi connectivity index (χ4v) is 2.68. The van der Waals surface area contributed by atoms with Crippen LogP contribution >= 0.6 is 0 Å². The molecule has 0 unspecified atom stereocenters. The smallest absolute Gasteiger partial charge is 0.233 e. The number of pyridine rings is 1. The third kappa shape index (κ3) is 3.40. The van der Waals surface area contributed by atoms with E-state index < -0.39 is 0 Å². The molecule has 1 aliphatic heterocycles. The van der Waals surface area contributed by atoms with Gasteiger partial charge in [-0.25, -0.2) is 4.98 Å². The number of fused-ring (bicyclic) bond motifs is 1. The Morgan fingerprint density at radius 1 is 1.24 bits per heavy atom. The van der Waals surface area contributed by atoms with Gasteiger partial charge in [-0.2, -0.15) is 0 Å². The SMILES string of the molecule is CNC(=O)CN1CCN(Cc2cn3ccccc3n2)CC1. The molecule has 1 fully saturated rings. The molecule has 0 radical (unpaired) electrons. The van der Waals surface area contributed by atoms with Crippen molar-refractivity contribution in [1.29, 1.82) is 0 Å². The number of nitrogens with one attached hydrogen (secondary N) is 1. The van der Waals surface area contributed by atoms with Crippen LogP contribution in [-0.2, 0) is 11.3 Å². The minimum absolute atomic E-state index is 0.0869. The first kappa shape index (κ1) is 14.0. The molecule has 1 aliphatic rings. The monoisotopic (exact) mass is 287 g/mol. The number of hydrogen-bond acceptors (Lipinski definition) is 4. The summed E-state index contributed by atoms with van der Waals surface area (Å²) in [4.78, 5) is 20.6. The number of likely N-dealkylation sites (N-methyl/N-ethyl adjacent to an activating group) is 1. The van der Waals surface area contributed by atoms with Crippen molar-refractivity contribution < 1.29 is 4.79 Å². The molecule has 6 heteroatoms. The van der Waals surface area contributed by atoms with Gasteiger partial charge >= 0.3 is 0 Å². The van der Waals surface area contributed by atoms with Gasteiger partial charge < -0.3 is 9.72 Å². The molecule has 0 aliphatic carbocycles. The zero-order valence-electron chi connectivity index (χ0n) is 12.3. The zero-order chi connectivity index (χ0) is 14.7. The number of nitrogens with zero attached hydrogens (tertiary/aromatic N) is 4. The van der Waals surface area contributed by atoms with Gasteiger partial charge in [0.2, 0.25) is 5.91 Å². The molecule has 0 bridgehead atoms. The highest BCUT2D eigenvalue weighted by Crippen LogP contribution is 2.09. The van der Waals surface area contributed by atoms with Gasteiger partial charge in [-0.15, -0.1) is 0 Å². The Labute approximate surface area is 124 Å². The van der Waals surface area contributed by atoms with Crippen LogP contribution in [0.15, 0.2) is 30.6 Å². The van der Waals surface area contributed by atoms with Crippen molar-refractivity contribution in [3.05, 3.63) is 36.3 Å². The van der Waals surface area contributed by atoms with Crippen LogP contribution in [0.4, 0.5) is 0 Å². The first-order valence-corrected chi connectivity index (χ1v) is 7.32. The van der Waals surface area contributed by atoms with Crippen molar-refractivity contribution >= 4 is 11.6 Å². The topological polar surface area (TPSA) is 52.9 Å². The Morgan fingerprint density at radius 3 is 2.71 bits per heavy atom. The molecule has 2 aromatic rings. The molecule has 2 aromatic heterocycles. The van der Waals surface area contributed by atoms with E-state index in [9.17, 15) is 4.79 Å². The number of imidazole rings is 1. The van der Waals surface area contributed by atoms with Gasteiger partial charge in [0.05, 0.1) is 12.2 Å². The zero-order valence-corrected chi connectivity index (χ0v) is 12.3. The highest BCUT2D eigenvalue weighted by atomic mass is 16.1. The summed E-state index contributed by atoms with van der Waals surface area (Å²) < 4.78 is 2.05. The van der Waals surface area contributed by atoms with Gasteiger partial charge in [-0.3, -0.25) is 14.6 Å². The average Bonchev–Trinajstić information content (AvgIpc) is 2.91. The molecule has 1 N–H and O–H groups in total. The molecule has 21 heavy (non-hydrogen) atoms. The molecule has 1 saturated heterocycles. The summed E-state index contributed by atoms with van der Waals surface area (Å²) in [6.07, 6.45) is 4.11. The van der Waals surface area contributed by atoms with Gasteiger partial charge in [0.15, 0.2) is 0 Å². The maximum atomic E-state index is 11.4. The molecule has 112 valence electrons. The first-order chi connectivity index (χ1) is 10.2. The summed E-state index contributed by atoms with van der Waals surface area (Å²) >= 11 is 0. The van der Waals surface area contributed by atoms with Crippen molar-refractivity contribution in [2.24, 2.45) is 0 Å². The predicted molar refractivity (Wildman–Crippen MR) is 81.0 cm³/mol. The molecule has 1 amide bonds. The summed E-state index contributed by atoms with van der Waals surface area (Å²) in [6, 6.07) is 6.03. The Balaban J connectivity index is 1.54. The van der Waals surface area contributed by atoms with Gasteiger partial charge in [0, 0.05) is 52.2 Å². The lowest BCUT2D eigenvalue weighted by atomic mass is 10.3. The number of carbonyl (C=O) groups excluding carboxylic acids is 1. The van der Waals surface area contributed by atoms with E-state index in [0.29, 0.717) is 6.54 Å². The van der Waals surface area contributed by atoms with Crippen LogP contribution in [0, 0.1) is 0 Å². The molecule has 6 nitrogen and oxygen atoms in total. The lowest BCUT2D eigenvalue weighted by Gasteiger charge is -2.33. The minimum atomic E-state index is 0.0869. The molecule has 3 rings (SSSR count).